The van der Waals surface area contributed by atoms with Crippen LogP contribution in [-0.2, 0) is 0 Å². The van der Waals surface area contributed by atoms with Crippen molar-refractivity contribution in [2.75, 3.05) is 0 Å². The van der Waals surface area contributed by atoms with Gasteiger partial charge in [-0.05, 0) is 41.0 Å². The van der Waals surface area contributed by atoms with Gasteiger partial charge in [0.1, 0.15) is 0 Å². The number of allylic oxidation sites excluding steroid dienone is 1. The number of hydrogen-bond donors (Lipinski definition) is 0. The first kappa shape index (κ1) is 14.3. The van der Waals surface area contributed by atoms with E-state index >= 15 is 0 Å². The highest BCUT2D eigenvalue weighted by atomic mass is 127. The summed E-state index contributed by atoms with van der Waals surface area (Å²) in [7, 11) is 0. The van der Waals surface area contributed by atoms with Crippen LogP contribution in [0.2, 0.25) is 0 Å². The Hall–Kier alpha value is -0.750. The third-order valence-electron chi connectivity index (χ3n) is 2.54. The van der Waals surface area contributed by atoms with Crippen LogP contribution in [0.4, 0.5) is 0 Å². The predicted octanol–water partition coefficient (Wildman–Crippen LogP) is 5.44. The molecule has 0 N–H and O–H groups in total. The fraction of sp³-hybridized carbons (Fsp3) is 0.375. The lowest BCUT2D eigenvalue weighted by Gasteiger charge is -2.03. The number of benzene rings is 1. The highest BCUT2D eigenvalue weighted by Gasteiger charge is 2.01. The normalized spacial score (nSPS) is 11.5. The van der Waals surface area contributed by atoms with Crippen molar-refractivity contribution < 1.29 is 0 Å². The molecule has 0 spiro atoms. The molecule has 90 valence electrons. The Morgan fingerprint density at radius 2 is 1.88 bits per heavy atom. The molecular formula is C16H19I. The van der Waals surface area contributed by atoms with Gasteiger partial charge in [-0.2, -0.15) is 0 Å². The van der Waals surface area contributed by atoms with Gasteiger partial charge in [-0.1, -0.05) is 62.4 Å². The third-order valence-corrected chi connectivity index (χ3v) is 3.81. The monoisotopic (exact) mass is 338 g/mol. The van der Waals surface area contributed by atoms with Crippen LogP contribution in [0.1, 0.15) is 45.1 Å². The van der Waals surface area contributed by atoms with E-state index in [1.54, 1.807) is 0 Å². The molecule has 1 rings (SSSR count). The van der Waals surface area contributed by atoms with Gasteiger partial charge in [0.2, 0.25) is 0 Å². The summed E-state index contributed by atoms with van der Waals surface area (Å²) in [6, 6.07) is 10.5. The van der Waals surface area contributed by atoms with Gasteiger partial charge < -0.3 is 0 Å². The fourth-order valence-electron chi connectivity index (χ4n) is 1.49. The molecule has 0 saturated carbocycles. The smallest absolute Gasteiger partial charge is 0.0318 e. The summed E-state index contributed by atoms with van der Waals surface area (Å²) in [6.07, 6.45) is 4.44. The molecule has 0 aliphatic rings. The van der Waals surface area contributed by atoms with E-state index in [0.717, 1.165) is 12.8 Å². The fourth-order valence-corrected chi connectivity index (χ4v) is 2.37. The van der Waals surface area contributed by atoms with E-state index in [1.165, 1.54) is 27.6 Å². The van der Waals surface area contributed by atoms with E-state index < -0.39 is 0 Å². The van der Waals surface area contributed by atoms with Gasteiger partial charge in [-0.15, -0.1) is 0 Å². The van der Waals surface area contributed by atoms with Crippen molar-refractivity contribution in [3.8, 4) is 11.8 Å². The quantitative estimate of drug-likeness (QED) is 0.390. The Kier molecular flexibility index (Phi) is 7.04. The van der Waals surface area contributed by atoms with Crippen molar-refractivity contribution in [1.82, 2.24) is 0 Å². The molecule has 0 fully saturated rings. The summed E-state index contributed by atoms with van der Waals surface area (Å²) in [5, 5.41) is 0. The van der Waals surface area contributed by atoms with Crippen LogP contribution in [0.5, 0.6) is 0 Å². The summed E-state index contributed by atoms with van der Waals surface area (Å²) < 4.78 is 1.29. The maximum atomic E-state index is 3.32. The molecule has 1 heteroatoms. The van der Waals surface area contributed by atoms with Crippen LogP contribution < -0.4 is 0 Å². The van der Waals surface area contributed by atoms with Gasteiger partial charge in [0, 0.05) is 15.6 Å². The molecule has 1 aromatic carbocycles. The second-order valence-corrected chi connectivity index (χ2v) is 5.00. The molecule has 0 heterocycles. The molecule has 0 nitrogen and oxygen atoms in total. The average molecular weight is 338 g/mol. The molecule has 0 unspecified atom stereocenters. The largest absolute Gasteiger partial charge is 0.0982 e. The van der Waals surface area contributed by atoms with Crippen molar-refractivity contribution >= 4 is 26.2 Å². The Balaban J connectivity index is 2.86. The highest BCUT2D eigenvalue weighted by molar-refractivity contribution is 14.1. The maximum Gasteiger partial charge on any atom is 0.0318 e. The van der Waals surface area contributed by atoms with Crippen molar-refractivity contribution in [3.05, 3.63) is 41.5 Å². The first-order valence-corrected chi connectivity index (χ1v) is 7.30. The van der Waals surface area contributed by atoms with Gasteiger partial charge in [-0.3, -0.25) is 0 Å². The first-order chi connectivity index (χ1) is 8.29. The molecular weight excluding hydrogens is 319 g/mol. The predicted molar refractivity (Wildman–Crippen MR) is 85.0 cm³/mol. The van der Waals surface area contributed by atoms with Crippen LogP contribution in [0.25, 0.3) is 3.58 Å². The zero-order chi connectivity index (χ0) is 12.5. The summed E-state index contributed by atoms with van der Waals surface area (Å²) in [5.41, 5.74) is 2.53. The summed E-state index contributed by atoms with van der Waals surface area (Å²) in [4.78, 5) is 0. The molecule has 0 aromatic heterocycles. The van der Waals surface area contributed by atoms with E-state index in [-0.39, 0.29) is 0 Å². The minimum atomic E-state index is 1.01. The minimum Gasteiger partial charge on any atom is -0.0982 e. The lowest BCUT2D eigenvalue weighted by Crippen LogP contribution is -1.83. The van der Waals surface area contributed by atoms with Crippen LogP contribution in [0, 0.1) is 11.8 Å². The highest BCUT2D eigenvalue weighted by Crippen LogP contribution is 2.26. The van der Waals surface area contributed by atoms with E-state index in [4.69, 9.17) is 0 Å². The second-order valence-electron chi connectivity index (χ2n) is 3.92. The van der Waals surface area contributed by atoms with Gasteiger partial charge >= 0.3 is 0 Å². The Morgan fingerprint density at radius 1 is 1.18 bits per heavy atom. The SMILES string of the molecule is CCCCC#C/C(CC)=C(\I)c1ccccc1. The molecule has 0 saturated heterocycles. The lowest BCUT2D eigenvalue weighted by atomic mass is 10.1. The minimum absolute atomic E-state index is 1.01. The number of hydrogen-bond acceptors (Lipinski definition) is 0. The Bertz CT molecular complexity index is 418. The van der Waals surface area contributed by atoms with Crippen LogP contribution in [0.15, 0.2) is 35.9 Å². The van der Waals surface area contributed by atoms with E-state index in [2.05, 4.69) is 72.5 Å². The van der Waals surface area contributed by atoms with Gasteiger partial charge in [0.15, 0.2) is 0 Å². The molecule has 0 aliphatic carbocycles. The number of rotatable bonds is 4. The van der Waals surface area contributed by atoms with Crippen molar-refractivity contribution in [1.29, 1.82) is 0 Å². The third kappa shape index (κ3) is 4.95. The van der Waals surface area contributed by atoms with Crippen molar-refractivity contribution in [2.45, 2.75) is 39.5 Å². The summed E-state index contributed by atoms with van der Waals surface area (Å²) in [5.74, 6) is 6.60. The zero-order valence-corrected chi connectivity index (χ0v) is 12.8. The summed E-state index contributed by atoms with van der Waals surface area (Å²) in [6.45, 7) is 4.37. The topological polar surface area (TPSA) is 0 Å². The van der Waals surface area contributed by atoms with Crippen LogP contribution >= 0.6 is 22.6 Å². The van der Waals surface area contributed by atoms with Crippen LogP contribution in [-0.4, -0.2) is 0 Å². The van der Waals surface area contributed by atoms with Gasteiger partial charge in [0.25, 0.3) is 0 Å². The molecule has 17 heavy (non-hydrogen) atoms. The Labute approximate surface area is 119 Å². The van der Waals surface area contributed by atoms with E-state index in [9.17, 15) is 0 Å². The Morgan fingerprint density at radius 3 is 2.47 bits per heavy atom. The molecule has 0 amide bonds. The number of halogens is 1. The molecule has 0 radical (unpaired) electrons. The van der Waals surface area contributed by atoms with Crippen molar-refractivity contribution in [2.24, 2.45) is 0 Å². The van der Waals surface area contributed by atoms with Gasteiger partial charge in [0.05, 0.1) is 0 Å². The summed E-state index contributed by atoms with van der Waals surface area (Å²) >= 11 is 2.41. The van der Waals surface area contributed by atoms with Gasteiger partial charge in [-0.25, -0.2) is 0 Å². The molecule has 1 aromatic rings. The van der Waals surface area contributed by atoms with E-state index in [0.29, 0.717) is 0 Å². The molecule has 0 bridgehead atoms. The first-order valence-electron chi connectivity index (χ1n) is 6.22. The van der Waals surface area contributed by atoms with Crippen molar-refractivity contribution in [3.63, 3.8) is 0 Å². The van der Waals surface area contributed by atoms with Crippen LogP contribution in [0.3, 0.4) is 0 Å². The zero-order valence-electron chi connectivity index (χ0n) is 10.6. The maximum absolute atomic E-state index is 3.32. The number of unbranched alkanes of at least 4 members (excludes halogenated alkanes) is 2. The molecule has 0 aliphatic heterocycles. The second kappa shape index (κ2) is 8.36. The standard InChI is InChI=1S/C16H19I/c1-3-5-6-8-11-14(4-2)16(17)15-12-9-7-10-13-15/h7,9-10,12-13H,3-6H2,1-2H3/b16-14-. The van der Waals surface area contributed by atoms with E-state index in [1.807, 2.05) is 6.07 Å². The lowest BCUT2D eigenvalue weighted by molar-refractivity contribution is 0.828. The molecule has 0 atom stereocenters. The average Bonchev–Trinajstić information content (AvgIpc) is 2.39.